The molecule has 1 aromatic carbocycles. The first kappa shape index (κ1) is 19.3. The Bertz CT molecular complexity index is 935. The quantitative estimate of drug-likeness (QED) is 0.661. The lowest BCUT2D eigenvalue weighted by Gasteiger charge is -2.26. The summed E-state index contributed by atoms with van der Waals surface area (Å²) < 4.78 is 5.26. The standard InChI is InChI=1S/C22H25N5O2/c28-20(7-8-21-25-22(26-29-21)18-9-11-23-12-10-18)24-19-6-4-5-17(15-19)16-27-13-2-1-3-14-27/h4-6,9-12,15H,1-3,7-8,13-14,16H2,(H,24,28). The zero-order chi connectivity index (χ0) is 19.9. The second-order valence-electron chi connectivity index (χ2n) is 7.33. The lowest BCUT2D eigenvalue weighted by atomic mass is 10.1. The van der Waals surface area contributed by atoms with Gasteiger partial charge in [-0.2, -0.15) is 4.98 Å². The number of aryl methyl sites for hydroxylation is 1. The monoisotopic (exact) mass is 391 g/mol. The number of nitrogens with one attached hydrogen (secondary N) is 1. The molecule has 2 aromatic heterocycles. The van der Waals surface area contributed by atoms with Crippen LogP contribution in [0.1, 0.15) is 37.1 Å². The van der Waals surface area contributed by atoms with Crippen molar-refractivity contribution in [1.29, 1.82) is 0 Å². The van der Waals surface area contributed by atoms with Crippen molar-refractivity contribution in [2.75, 3.05) is 18.4 Å². The predicted octanol–water partition coefficient (Wildman–Crippen LogP) is 3.69. The molecule has 0 unspecified atom stereocenters. The van der Waals surface area contributed by atoms with Gasteiger partial charge in [-0.1, -0.05) is 23.7 Å². The molecule has 7 nitrogen and oxygen atoms in total. The van der Waals surface area contributed by atoms with Crippen LogP contribution in [-0.2, 0) is 17.8 Å². The Morgan fingerprint density at radius 1 is 1.10 bits per heavy atom. The number of likely N-dealkylation sites (tertiary alicyclic amines) is 1. The molecule has 4 rings (SSSR count). The maximum atomic E-state index is 12.3. The van der Waals surface area contributed by atoms with Crippen molar-refractivity contribution >= 4 is 11.6 Å². The van der Waals surface area contributed by atoms with Crippen LogP contribution in [0.5, 0.6) is 0 Å². The van der Waals surface area contributed by atoms with Crippen molar-refractivity contribution in [3.05, 3.63) is 60.2 Å². The Labute approximate surface area is 170 Å². The van der Waals surface area contributed by atoms with Crippen molar-refractivity contribution in [3.63, 3.8) is 0 Å². The summed E-state index contributed by atoms with van der Waals surface area (Å²) in [6.45, 7) is 3.24. The van der Waals surface area contributed by atoms with E-state index in [0.29, 0.717) is 18.1 Å². The minimum atomic E-state index is -0.0659. The highest BCUT2D eigenvalue weighted by Crippen LogP contribution is 2.17. The summed E-state index contributed by atoms with van der Waals surface area (Å²) in [4.78, 5) is 23.1. The van der Waals surface area contributed by atoms with Crippen LogP contribution in [0, 0.1) is 0 Å². The topological polar surface area (TPSA) is 84.1 Å². The van der Waals surface area contributed by atoms with Gasteiger partial charge in [0.15, 0.2) is 0 Å². The van der Waals surface area contributed by atoms with E-state index in [4.69, 9.17) is 4.52 Å². The number of carbonyl (C=O) groups is 1. The van der Waals surface area contributed by atoms with Crippen LogP contribution in [0.3, 0.4) is 0 Å². The van der Waals surface area contributed by atoms with Gasteiger partial charge < -0.3 is 9.84 Å². The normalized spacial score (nSPS) is 14.6. The van der Waals surface area contributed by atoms with E-state index in [0.717, 1.165) is 30.9 Å². The van der Waals surface area contributed by atoms with E-state index < -0.39 is 0 Å². The Balaban J connectivity index is 1.28. The third-order valence-corrected chi connectivity index (χ3v) is 5.04. The molecule has 1 saturated heterocycles. The van der Waals surface area contributed by atoms with Gasteiger partial charge in [0.2, 0.25) is 17.6 Å². The van der Waals surface area contributed by atoms with Gasteiger partial charge in [0.05, 0.1) is 0 Å². The summed E-state index contributed by atoms with van der Waals surface area (Å²) >= 11 is 0. The van der Waals surface area contributed by atoms with Crippen LogP contribution in [-0.4, -0.2) is 39.0 Å². The molecule has 7 heteroatoms. The summed E-state index contributed by atoms with van der Waals surface area (Å²) in [5.41, 5.74) is 2.89. The molecular formula is C22H25N5O2. The number of pyridine rings is 1. The second kappa shape index (κ2) is 9.43. The van der Waals surface area contributed by atoms with Gasteiger partial charge in [0.1, 0.15) is 0 Å². The first-order valence-electron chi connectivity index (χ1n) is 10.1. The van der Waals surface area contributed by atoms with Crippen molar-refractivity contribution in [2.24, 2.45) is 0 Å². The zero-order valence-electron chi connectivity index (χ0n) is 16.4. The lowest BCUT2D eigenvalue weighted by Crippen LogP contribution is -2.29. The fourth-order valence-electron chi connectivity index (χ4n) is 3.54. The number of amides is 1. The number of hydrogen-bond acceptors (Lipinski definition) is 6. The SMILES string of the molecule is O=C(CCc1nc(-c2ccncc2)no1)Nc1cccc(CN2CCCCC2)c1. The van der Waals surface area contributed by atoms with Crippen LogP contribution in [0.2, 0.25) is 0 Å². The Kier molecular flexibility index (Phi) is 6.26. The van der Waals surface area contributed by atoms with E-state index in [2.05, 4.69) is 37.5 Å². The maximum absolute atomic E-state index is 12.3. The van der Waals surface area contributed by atoms with Gasteiger partial charge >= 0.3 is 0 Å². The first-order valence-corrected chi connectivity index (χ1v) is 10.1. The summed E-state index contributed by atoms with van der Waals surface area (Å²) in [5.74, 6) is 0.891. The molecule has 0 bridgehead atoms. The summed E-state index contributed by atoms with van der Waals surface area (Å²) in [6.07, 6.45) is 7.92. The zero-order valence-corrected chi connectivity index (χ0v) is 16.4. The summed E-state index contributed by atoms with van der Waals surface area (Å²) in [5, 5.41) is 6.94. The molecule has 150 valence electrons. The second-order valence-corrected chi connectivity index (χ2v) is 7.33. The van der Waals surface area contributed by atoms with Crippen LogP contribution in [0.4, 0.5) is 5.69 Å². The van der Waals surface area contributed by atoms with Gasteiger partial charge in [-0.3, -0.25) is 14.7 Å². The average molecular weight is 391 g/mol. The van der Waals surface area contributed by atoms with Crippen molar-refractivity contribution in [2.45, 2.75) is 38.6 Å². The van der Waals surface area contributed by atoms with Crippen LogP contribution < -0.4 is 5.32 Å². The molecule has 1 amide bonds. The van der Waals surface area contributed by atoms with Gasteiger partial charge in [-0.05, 0) is 55.8 Å². The molecule has 1 fully saturated rings. The predicted molar refractivity (Wildman–Crippen MR) is 110 cm³/mol. The van der Waals surface area contributed by atoms with Crippen molar-refractivity contribution < 1.29 is 9.32 Å². The van der Waals surface area contributed by atoms with E-state index in [1.165, 1.54) is 24.8 Å². The number of piperidine rings is 1. The van der Waals surface area contributed by atoms with E-state index in [9.17, 15) is 4.79 Å². The fraction of sp³-hybridized carbons (Fsp3) is 0.364. The molecule has 0 spiro atoms. The van der Waals surface area contributed by atoms with Crippen molar-refractivity contribution in [3.8, 4) is 11.4 Å². The Morgan fingerprint density at radius 3 is 2.76 bits per heavy atom. The molecule has 0 atom stereocenters. The van der Waals surface area contributed by atoms with Gasteiger partial charge in [-0.15, -0.1) is 0 Å². The maximum Gasteiger partial charge on any atom is 0.227 e. The van der Waals surface area contributed by atoms with Gasteiger partial charge in [-0.25, -0.2) is 0 Å². The highest BCUT2D eigenvalue weighted by atomic mass is 16.5. The number of anilines is 1. The van der Waals surface area contributed by atoms with Gasteiger partial charge in [0, 0.05) is 43.0 Å². The third-order valence-electron chi connectivity index (χ3n) is 5.04. The smallest absolute Gasteiger partial charge is 0.227 e. The van der Waals surface area contributed by atoms with E-state index in [-0.39, 0.29) is 12.3 Å². The highest BCUT2D eigenvalue weighted by molar-refractivity contribution is 5.90. The van der Waals surface area contributed by atoms with Crippen LogP contribution in [0.15, 0.2) is 53.3 Å². The molecule has 3 heterocycles. The number of carbonyl (C=O) groups excluding carboxylic acids is 1. The molecule has 3 aromatic rings. The molecule has 0 radical (unpaired) electrons. The molecule has 0 saturated carbocycles. The van der Waals surface area contributed by atoms with Crippen molar-refractivity contribution in [1.82, 2.24) is 20.0 Å². The Hall–Kier alpha value is -3.06. The number of hydrogen-bond donors (Lipinski definition) is 1. The minimum absolute atomic E-state index is 0.0659. The molecule has 1 aliphatic rings. The van der Waals surface area contributed by atoms with Crippen LogP contribution >= 0.6 is 0 Å². The molecule has 29 heavy (non-hydrogen) atoms. The van der Waals surface area contributed by atoms with Gasteiger partial charge in [0.25, 0.3) is 0 Å². The van der Waals surface area contributed by atoms with E-state index >= 15 is 0 Å². The summed E-state index contributed by atoms with van der Waals surface area (Å²) in [7, 11) is 0. The lowest BCUT2D eigenvalue weighted by molar-refractivity contribution is -0.116. The summed E-state index contributed by atoms with van der Waals surface area (Å²) in [6, 6.07) is 11.7. The number of nitrogens with zero attached hydrogens (tertiary/aromatic N) is 4. The third kappa shape index (κ3) is 5.48. The number of rotatable bonds is 7. The number of benzene rings is 1. The molecule has 1 N–H and O–H groups in total. The molecule has 0 aliphatic carbocycles. The van der Waals surface area contributed by atoms with Crippen LogP contribution in [0.25, 0.3) is 11.4 Å². The average Bonchev–Trinajstić information content (AvgIpc) is 3.23. The minimum Gasteiger partial charge on any atom is -0.339 e. The Morgan fingerprint density at radius 2 is 1.93 bits per heavy atom. The van der Waals surface area contributed by atoms with E-state index in [1.807, 2.05) is 24.3 Å². The number of aromatic nitrogens is 3. The molecule has 1 aliphatic heterocycles. The highest BCUT2D eigenvalue weighted by Gasteiger charge is 2.12. The largest absolute Gasteiger partial charge is 0.339 e. The molecular weight excluding hydrogens is 366 g/mol. The fourth-order valence-corrected chi connectivity index (χ4v) is 3.54. The first-order chi connectivity index (χ1) is 14.3. The van der Waals surface area contributed by atoms with E-state index in [1.54, 1.807) is 12.4 Å².